The summed E-state index contributed by atoms with van der Waals surface area (Å²) >= 11 is 0. The van der Waals surface area contributed by atoms with Crippen molar-refractivity contribution in [2.75, 3.05) is 20.1 Å². The molecule has 1 fully saturated rings. The topological polar surface area (TPSA) is 49.4 Å². The molecule has 1 atom stereocenters. The van der Waals surface area contributed by atoms with Crippen LogP contribution in [0.15, 0.2) is 36.4 Å². The maximum Gasteiger partial charge on any atom is 0.225 e. The lowest BCUT2D eigenvalue weighted by Crippen LogP contribution is -2.32. The highest BCUT2D eigenvalue weighted by Gasteiger charge is 2.31. The van der Waals surface area contributed by atoms with Crippen LogP contribution in [0, 0.1) is 5.92 Å². The molecule has 0 saturated carbocycles. The maximum absolute atomic E-state index is 11.8. The summed E-state index contributed by atoms with van der Waals surface area (Å²) in [5, 5.41) is 2.83. The first kappa shape index (κ1) is 13.3. The monoisotopic (exact) mass is 258 g/mol. The van der Waals surface area contributed by atoms with Crippen molar-refractivity contribution in [3.63, 3.8) is 0 Å². The van der Waals surface area contributed by atoms with Crippen LogP contribution >= 0.6 is 0 Å². The summed E-state index contributed by atoms with van der Waals surface area (Å²) in [6, 6.07) is 9.91. The van der Waals surface area contributed by atoms with Gasteiger partial charge in [-0.3, -0.25) is 9.59 Å². The second-order valence-electron chi connectivity index (χ2n) is 4.73. The Morgan fingerprint density at radius 1 is 1.42 bits per heavy atom. The number of hydrogen-bond donors (Lipinski definition) is 1. The summed E-state index contributed by atoms with van der Waals surface area (Å²) in [5.74, 6) is -0.210. The van der Waals surface area contributed by atoms with Gasteiger partial charge in [0.15, 0.2) is 0 Å². The molecule has 0 radical (unpaired) electrons. The summed E-state index contributed by atoms with van der Waals surface area (Å²) in [6.07, 6.45) is 4.20. The van der Waals surface area contributed by atoms with Crippen LogP contribution in [0.5, 0.6) is 0 Å². The molecule has 1 aliphatic heterocycles. The Hall–Kier alpha value is -2.10. The molecule has 100 valence electrons. The van der Waals surface area contributed by atoms with Gasteiger partial charge in [-0.05, 0) is 5.56 Å². The summed E-state index contributed by atoms with van der Waals surface area (Å²) < 4.78 is 0. The fourth-order valence-corrected chi connectivity index (χ4v) is 2.10. The van der Waals surface area contributed by atoms with E-state index in [1.165, 1.54) is 0 Å². The zero-order valence-corrected chi connectivity index (χ0v) is 11.0. The number of carbonyl (C=O) groups is 2. The van der Waals surface area contributed by atoms with E-state index in [9.17, 15) is 9.59 Å². The number of nitrogens with one attached hydrogen (secondary N) is 1. The fourth-order valence-electron chi connectivity index (χ4n) is 2.10. The Bertz CT molecular complexity index is 482. The van der Waals surface area contributed by atoms with Gasteiger partial charge in [0.1, 0.15) is 0 Å². The second-order valence-corrected chi connectivity index (χ2v) is 4.73. The fraction of sp³-hybridized carbons (Fsp3) is 0.333. The highest BCUT2D eigenvalue weighted by molar-refractivity contribution is 5.89. The van der Waals surface area contributed by atoms with Gasteiger partial charge in [0.25, 0.3) is 0 Å². The van der Waals surface area contributed by atoms with Crippen LogP contribution in [0.1, 0.15) is 12.0 Å². The van der Waals surface area contributed by atoms with Crippen LogP contribution in [-0.2, 0) is 9.59 Å². The van der Waals surface area contributed by atoms with Gasteiger partial charge >= 0.3 is 0 Å². The molecule has 4 nitrogen and oxygen atoms in total. The van der Waals surface area contributed by atoms with Crippen molar-refractivity contribution in [2.24, 2.45) is 5.92 Å². The quantitative estimate of drug-likeness (QED) is 0.885. The van der Waals surface area contributed by atoms with Gasteiger partial charge in [0.05, 0.1) is 5.92 Å². The smallest absolute Gasteiger partial charge is 0.225 e. The predicted octanol–water partition coefficient (Wildman–Crippen LogP) is 1.29. The third kappa shape index (κ3) is 3.68. The van der Waals surface area contributed by atoms with Crippen molar-refractivity contribution in [1.82, 2.24) is 10.2 Å². The van der Waals surface area contributed by atoms with E-state index in [0.29, 0.717) is 19.5 Å². The van der Waals surface area contributed by atoms with Crippen LogP contribution < -0.4 is 5.32 Å². The van der Waals surface area contributed by atoms with Crippen molar-refractivity contribution in [3.8, 4) is 0 Å². The van der Waals surface area contributed by atoms with E-state index >= 15 is 0 Å². The number of carbonyl (C=O) groups excluding carboxylic acids is 2. The Morgan fingerprint density at radius 2 is 2.16 bits per heavy atom. The van der Waals surface area contributed by atoms with Gasteiger partial charge in [-0.15, -0.1) is 0 Å². The third-order valence-electron chi connectivity index (χ3n) is 3.22. The first-order valence-corrected chi connectivity index (χ1v) is 6.40. The SMILES string of the molecule is CN1C[C@H](C(=O)NC/C=C/c2ccccc2)CC1=O. The van der Waals surface area contributed by atoms with Gasteiger partial charge in [-0.1, -0.05) is 42.5 Å². The Labute approximate surface area is 113 Å². The molecule has 0 aliphatic carbocycles. The van der Waals surface area contributed by atoms with Crippen molar-refractivity contribution < 1.29 is 9.59 Å². The molecule has 2 rings (SSSR count). The molecule has 19 heavy (non-hydrogen) atoms. The molecule has 1 saturated heterocycles. The molecular formula is C15H18N2O2. The Balaban J connectivity index is 1.76. The van der Waals surface area contributed by atoms with Crippen molar-refractivity contribution in [1.29, 1.82) is 0 Å². The van der Waals surface area contributed by atoms with E-state index in [1.54, 1.807) is 11.9 Å². The van der Waals surface area contributed by atoms with E-state index in [0.717, 1.165) is 5.56 Å². The predicted molar refractivity (Wildman–Crippen MR) is 74.2 cm³/mol. The lowest BCUT2D eigenvalue weighted by atomic mass is 10.1. The minimum Gasteiger partial charge on any atom is -0.352 e. The van der Waals surface area contributed by atoms with Gasteiger partial charge in [-0.2, -0.15) is 0 Å². The maximum atomic E-state index is 11.8. The number of hydrogen-bond acceptors (Lipinski definition) is 2. The number of likely N-dealkylation sites (tertiary alicyclic amines) is 1. The second kappa shape index (κ2) is 6.18. The van der Waals surface area contributed by atoms with Crippen molar-refractivity contribution >= 4 is 17.9 Å². The van der Waals surface area contributed by atoms with Crippen molar-refractivity contribution in [2.45, 2.75) is 6.42 Å². The standard InChI is InChI=1S/C15H18N2O2/c1-17-11-13(10-14(17)18)15(19)16-9-5-8-12-6-3-2-4-7-12/h2-8,13H,9-11H2,1H3,(H,16,19)/b8-5+/t13-/m1/s1. The lowest BCUT2D eigenvalue weighted by Gasteiger charge is -2.09. The van der Waals surface area contributed by atoms with E-state index in [2.05, 4.69) is 5.32 Å². The highest BCUT2D eigenvalue weighted by atomic mass is 16.2. The molecule has 0 unspecified atom stereocenters. The largest absolute Gasteiger partial charge is 0.352 e. The molecule has 0 aromatic heterocycles. The van der Waals surface area contributed by atoms with Crippen LogP contribution in [0.25, 0.3) is 6.08 Å². The van der Waals surface area contributed by atoms with Crippen LogP contribution in [0.3, 0.4) is 0 Å². The van der Waals surface area contributed by atoms with E-state index in [-0.39, 0.29) is 17.7 Å². The minimum atomic E-state index is -0.206. The molecule has 1 N–H and O–H groups in total. The molecule has 1 aromatic rings. The van der Waals surface area contributed by atoms with Gasteiger partial charge in [0, 0.05) is 26.6 Å². The van der Waals surface area contributed by atoms with Crippen LogP contribution in [0.4, 0.5) is 0 Å². The Morgan fingerprint density at radius 3 is 2.79 bits per heavy atom. The number of benzene rings is 1. The minimum absolute atomic E-state index is 0.0416. The number of rotatable bonds is 4. The normalized spacial score (nSPS) is 19.1. The molecule has 1 aromatic carbocycles. The molecule has 0 spiro atoms. The Kier molecular flexibility index (Phi) is 4.34. The number of nitrogens with zero attached hydrogens (tertiary/aromatic N) is 1. The third-order valence-corrected chi connectivity index (χ3v) is 3.22. The summed E-state index contributed by atoms with van der Waals surface area (Å²) in [6.45, 7) is 1.01. The van der Waals surface area contributed by atoms with Crippen molar-refractivity contribution in [3.05, 3.63) is 42.0 Å². The number of amides is 2. The lowest BCUT2D eigenvalue weighted by molar-refractivity contribution is -0.128. The van der Waals surface area contributed by atoms with E-state index < -0.39 is 0 Å². The summed E-state index contributed by atoms with van der Waals surface area (Å²) in [7, 11) is 1.73. The summed E-state index contributed by atoms with van der Waals surface area (Å²) in [4.78, 5) is 24.8. The average molecular weight is 258 g/mol. The first-order chi connectivity index (χ1) is 9.16. The average Bonchev–Trinajstić information content (AvgIpc) is 2.76. The molecule has 0 bridgehead atoms. The molecule has 4 heteroatoms. The molecule has 2 amide bonds. The van der Waals surface area contributed by atoms with Crippen LogP contribution in [-0.4, -0.2) is 36.9 Å². The molecular weight excluding hydrogens is 240 g/mol. The van der Waals surface area contributed by atoms with E-state index in [1.807, 2.05) is 42.5 Å². The van der Waals surface area contributed by atoms with Gasteiger partial charge < -0.3 is 10.2 Å². The summed E-state index contributed by atoms with van der Waals surface area (Å²) in [5.41, 5.74) is 1.10. The van der Waals surface area contributed by atoms with E-state index in [4.69, 9.17) is 0 Å². The van der Waals surface area contributed by atoms with Gasteiger partial charge in [-0.25, -0.2) is 0 Å². The van der Waals surface area contributed by atoms with Crippen LogP contribution in [0.2, 0.25) is 0 Å². The highest BCUT2D eigenvalue weighted by Crippen LogP contribution is 2.15. The molecule has 1 heterocycles. The first-order valence-electron chi connectivity index (χ1n) is 6.40. The zero-order valence-electron chi connectivity index (χ0n) is 11.0. The molecule has 1 aliphatic rings. The van der Waals surface area contributed by atoms with Gasteiger partial charge in [0.2, 0.25) is 11.8 Å². The zero-order chi connectivity index (χ0) is 13.7.